The molecule has 0 aliphatic heterocycles. The van der Waals surface area contributed by atoms with Crippen LogP contribution in [0.1, 0.15) is 15.9 Å². The first-order chi connectivity index (χ1) is 10.5. The summed E-state index contributed by atoms with van der Waals surface area (Å²) in [7, 11) is 0. The zero-order valence-electron chi connectivity index (χ0n) is 11.4. The molecule has 0 atom stereocenters. The summed E-state index contributed by atoms with van der Waals surface area (Å²) in [5.41, 5.74) is 0.0413. The SMILES string of the molecule is O=C(C=Cc1ccccc1O)Nc1c(O)cccc1C(=O)O. The molecule has 0 aromatic heterocycles. The number of hydrogen-bond donors (Lipinski definition) is 4. The quantitative estimate of drug-likeness (QED) is 0.512. The fraction of sp³-hybridized carbons (Fsp3) is 0. The number of carbonyl (C=O) groups excluding carboxylic acids is 1. The number of phenolic OH excluding ortho intramolecular Hbond substituents is 2. The molecule has 0 radical (unpaired) electrons. The van der Waals surface area contributed by atoms with Gasteiger partial charge in [-0.05, 0) is 24.3 Å². The maximum atomic E-state index is 11.8. The van der Waals surface area contributed by atoms with Crippen molar-refractivity contribution >= 4 is 23.6 Å². The van der Waals surface area contributed by atoms with Crippen LogP contribution >= 0.6 is 0 Å². The van der Waals surface area contributed by atoms with E-state index in [4.69, 9.17) is 5.11 Å². The third-order valence-corrected chi connectivity index (χ3v) is 2.87. The molecular formula is C16H13NO5. The van der Waals surface area contributed by atoms with Crippen molar-refractivity contribution in [2.24, 2.45) is 0 Å². The van der Waals surface area contributed by atoms with Crippen LogP contribution in [0.3, 0.4) is 0 Å². The molecule has 2 aromatic carbocycles. The molecule has 6 heteroatoms. The van der Waals surface area contributed by atoms with Crippen molar-refractivity contribution in [3.8, 4) is 11.5 Å². The van der Waals surface area contributed by atoms with Gasteiger partial charge in [-0.1, -0.05) is 24.3 Å². The highest BCUT2D eigenvalue weighted by atomic mass is 16.4. The van der Waals surface area contributed by atoms with Gasteiger partial charge >= 0.3 is 5.97 Å². The first-order valence-electron chi connectivity index (χ1n) is 6.31. The smallest absolute Gasteiger partial charge is 0.337 e. The number of carbonyl (C=O) groups is 2. The Labute approximate surface area is 126 Å². The summed E-state index contributed by atoms with van der Waals surface area (Å²) in [6.07, 6.45) is 2.51. The van der Waals surface area contributed by atoms with E-state index < -0.39 is 11.9 Å². The second-order valence-corrected chi connectivity index (χ2v) is 4.39. The van der Waals surface area contributed by atoms with E-state index in [-0.39, 0.29) is 22.7 Å². The number of phenols is 2. The molecule has 112 valence electrons. The average Bonchev–Trinajstić information content (AvgIpc) is 2.48. The fourth-order valence-electron chi connectivity index (χ4n) is 1.81. The standard InChI is InChI=1S/C16H13NO5/c18-12-6-2-1-4-10(12)8-9-14(20)17-15-11(16(21)22)5-3-7-13(15)19/h1-9,18-19H,(H,17,20)(H,21,22). The number of aromatic carboxylic acids is 1. The van der Waals surface area contributed by atoms with Crippen molar-refractivity contribution in [3.05, 3.63) is 59.7 Å². The molecule has 2 aromatic rings. The monoisotopic (exact) mass is 299 g/mol. The number of rotatable bonds is 4. The topological polar surface area (TPSA) is 107 Å². The lowest BCUT2D eigenvalue weighted by molar-refractivity contribution is -0.111. The van der Waals surface area contributed by atoms with Crippen LogP contribution in [0.2, 0.25) is 0 Å². The van der Waals surface area contributed by atoms with Crippen LogP contribution in [0.15, 0.2) is 48.5 Å². The van der Waals surface area contributed by atoms with Crippen molar-refractivity contribution < 1.29 is 24.9 Å². The normalized spacial score (nSPS) is 10.5. The Morgan fingerprint density at radius 1 is 0.955 bits per heavy atom. The molecule has 0 aliphatic carbocycles. The van der Waals surface area contributed by atoms with Crippen LogP contribution in [-0.4, -0.2) is 27.2 Å². The number of anilines is 1. The number of nitrogens with one attached hydrogen (secondary N) is 1. The van der Waals surface area contributed by atoms with Crippen molar-refractivity contribution in [2.45, 2.75) is 0 Å². The number of carboxylic acid groups (broad SMARTS) is 1. The van der Waals surface area contributed by atoms with Crippen molar-refractivity contribution in [1.82, 2.24) is 0 Å². The van der Waals surface area contributed by atoms with E-state index in [1.807, 2.05) is 0 Å². The van der Waals surface area contributed by atoms with Crippen LogP contribution in [-0.2, 0) is 4.79 Å². The minimum atomic E-state index is -1.27. The summed E-state index contributed by atoms with van der Waals surface area (Å²) in [4.78, 5) is 22.9. The van der Waals surface area contributed by atoms with Gasteiger partial charge in [0.05, 0.1) is 11.3 Å². The first kappa shape index (κ1) is 15.1. The van der Waals surface area contributed by atoms with Crippen LogP contribution in [0.4, 0.5) is 5.69 Å². The van der Waals surface area contributed by atoms with Gasteiger partial charge in [0.25, 0.3) is 0 Å². The highest BCUT2D eigenvalue weighted by Crippen LogP contribution is 2.27. The summed E-state index contributed by atoms with van der Waals surface area (Å²) in [6, 6.07) is 10.3. The number of carboxylic acids is 1. The zero-order chi connectivity index (χ0) is 16.1. The lowest BCUT2D eigenvalue weighted by Crippen LogP contribution is -2.12. The minimum absolute atomic E-state index is 0.0142. The largest absolute Gasteiger partial charge is 0.507 e. The third kappa shape index (κ3) is 3.43. The predicted molar refractivity (Wildman–Crippen MR) is 80.8 cm³/mol. The number of para-hydroxylation sites is 2. The molecule has 22 heavy (non-hydrogen) atoms. The van der Waals surface area contributed by atoms with E-state index in [0.29, 0.717) is 5.56 Å². The van der Waals surface area contributed by atoms with Gasteiger partial charge in [-0.3, -0.25) is 4.79 Å². The molecule has 0 heterocycles. The Morgan fingerprint density at radius 2 is 1.64 bits per heavy atom. The Balaban J connectivity index is 2.20. The summed E-state index contributed by atoms with van der Waals surface area (Å²) in [5, 5.41) is 30.6. The van der Waals surface area contributed by atoms with Crippen molar-refractivity contribution in [2.75, 3.05) is 5.32 Å². The molecule has 0 unspecified atom stereocenters. The minimum Gasteiger partial charge on any atom is -0.507 e. The number of hydrogen-bond acceptors (Lipinski definition) is 4. The molecule has 1 amide bonds. The molecule has 6 nitrogen and oxygen atoms in total. The number of aromatic hydroxyl groups is 2. The Morgan fingerprint density at radius 3 is 2.32 bits per heavy atom. The maximum absolute atomic E-state index is 11.8. The maximum Gasteiger partial charge on any atom is 0.337 e. The molecular weight excluding hydrogens is 286 g/mol. The van der Waals surface area contributed by atoms with Crippen LogP contribution < -0.4 is 5.32 Å². The van der Waals surface area contributed by atoms with E-state index in [0.717, 1.165) is 6.08 Å². The molecule has 0 bridgehead atoms. The number of amides is 1. The highest BCUT2D eigenvalue weighted by molar-refractivity contribution is 6.07. The lowest BCUT2D eigenvalue weighted by atomic mass is 10.1. The summed E-state index contributed by atoms with van der Waals surface area (Å²) in [5.74, 6) is -2.23. The molecule has 0 spiro atoms. The predicted octanol–water partition coefficient (Wildman–Crippen LogP) is 2.45. The average molecular weight is 299 g/mol. The highest BCUT2D eigenvalue weighted by Gasteiger charge is 2.15. The third-order valence-electron chi connectivity index (χ3n) is 2.87. The molecule has 4 N–H and O–H groups in total. The van der Waals surface area contributed by atoms with E-state index in [1.165, 1.54) is 30.3 Å². The molecule has 0 saturated carbocycles. The van der Waals surface area contributed by atoms with Gasteiger partial charge in [0.2, 0.25) is 5.91 Å². The Bertz CT molecular complexity index is 752. The fourth-order valence-corrected chi connectivity index (χ4v) is 1.81. The summed E-state index contributed by atoms with van der Waals surface area (Å²) in [6.45, 7) is 0. The van der Waals surface area contributed by atoms with E-state index >= 15 is 0 Å². The van der Waals surface area contributed by atoms with Crippen LogP contribution in [0, 0.1) is 0 Å². The van der Waals surface area contributed by atoms with E-state index in [9.17, 15) is 19.8 Å². The van der Waals surface area contributed by atoms with Crippen molar-refractivity contribution in [3.63, 3.8) is 0 Å². The lowest BCUT2D eigenvalue weighted by Gasteiger charge is -2.08. The van der Waals surface area contributed by atoms with Gasteiger partial charge in [0.15, 0.2) is 0 Å². The van der Waals surface area contributed by atoms with Crippen LogP contribution in [0.5, 0.6) is 11.5 Å². The second-order valence-electron chi connectivity index (χ2n) is 4.39. The summed E-state index contributed by atoms with van der Waals surface area (Å²) < 4.78 is 0. The van der Waals surface area contributed by atoms with Crippen LogP contribution in [0.25, 0.3) is 6.08 Å². The molecule has 0 aliphatic rings. The Kier molecular flexibility index (Phi) is 4.43. The van der Waals surface area contributed by atoms with E-state index in [2.05, 4.69) is 5.32 Å². The Hall–Kier alpha value is -3.28. The first-order valence-corrected chi connectivity index (χ1v) is 6.31. The van der Waals surface area contributed by atoms with Gasteiger partial charge in [-0.15, -0.1) is 0 Å². The van der Waals surface area contributed by atoms with Gasteiger partial charge in [-0.25, -0.2) is 4.79 Å². The summed E-state index contributed by atoms with van der Waals surface area (Å²) >= 11 is 0. The second kappa shape index (κ2) is 6.45. The molecule has 0 fully saturated rings. The molecule has 0 saturated heterocycles. The zero-order valence-corrected chi connectivity index (χ0v) is 11.4. The number of benzene rings is 2. The van der Waals surface area contributed by atoms with Crippen molar-refractivity contribution in [1.29, 1.82) is 0 Å². The van der Waals surface area contributed by atoms with Gasteiger partial charge in [0.1, 0.15) is 11.5 Å². The molecule has 2 rings (SSSR count). The van der Waals surface area contributed by atoms with Gasteiger partial charge in [-0.2, -0.15) is 0 Å². The van der Waals surface area contributed by atoms with E-state index in [1.54, 1.807) is 18.2 Å². The van der Waals surface area contributed by atoms with Gasteiger partial charge < -0.3 is 20.6 Å². The van der Waals surface area contributed by atoms with Gasteiger partial charge in [0, 0.05) is 11.6 Å².